The monoisotopic (exact) mass is 324 g/mol. The van der Waals surface area contributed by atoms with Crippen molar-refractivity contribution >= 4 is 0 Å². The Hall–Kier alpha value is 0.870. The molecule has 0 aromatic carbocycles. The number of rotatable bonds is 0. The van der Waals surface area contributed by atoms with Crippen LogP contribution in [-0.2, 0) is 25.8 Å². The smallest absolute Gasteiger partial charge is 0.346 e. The summed E-state index contributed by atoms with van der Waals surface area (Å²) in [7, 11) is 0. The van der Waals surface area contributed by atoms with Crippen molar-refractivity contribution in [3.63, 3.8) is 0 Å². The van der Waals surface area contributed by atoms with Crippen molar-refractivity contribution in [1.82, 2.24) is 0 Å². The molecule has 0 saturated carbocycles. The molecule has 0 aliphatic carbocycles. The average Bonchev–Trinajstić information content (AvgIpc) is 1.98. The van der Waals surface area contributed by atoms with Crippen LogP contribution < -0.4 is 0 Å². The molecule has 0 N–H and O–H groups in total. The van der Waals surface area contributed by atoms with Crippen molar-refractivity contribution in [1.29, 1.82) is 0 Å². The maximum absolute atomic E-state index is 3.64. The molecule has 68 valence electrons. The van der Waals surface area contributed by atoms with Crippen LogP contribution in [0.5, 0.6) is 0 Å². The first-order valence-corrected chi connectivity index (χ1v) is 3.68. The van der Waals surface area contributed by atoms with Gasteiger partial charge in [-0.1, -0.05) is 13.8 Å². The van der Waals surface area contributed by atoms with Gasteiger partial charge in [-0.3, -0.25) is 0 Å². The second kappa shape index (κ2) is 70.7. The zero-order valence-electron chi connectivity index (χ0n) is 8.91. The largest absolute Gasteiger partial charge is 4.00 e. The maximum atomic E-state index is 3.64. The van der Waals surface area contributed by atoms with Gasteiger partial charge in [0.15, 0.2) is 0 Å². The third-order valence-electron chi connectivity index (χ3n) is 0. The van der Waals surface area contributed by atoms with Gasteiger partial charge in [-0.05, 0) is 0 Å². The summed E-state index contributed by atoms with van der Waals surface area (Å²) in [5.74, 6) is 0.583. The van der Waals surface area contributed by atoms with Crippen LogP contribution in [0.15, 0.2) is 0 Å². The van der Waals surface area contributed by atoms with Crippen LogP contribution in [0.4, 0.5) is 0 Å². The molecule has 0 aromatic rings. The van der Waals surface area contributed by atoms with Crippen molar-refractivity contribution in [3.05, 3.63) is 27.7 Å². The van der Waals surface area contributed by atoms with Crippen LogP contribution in [0.2, 0.25) is 0 Å². The first-order valence-electron chi connectivity index (χ1n) is 3.68. The van der Waals surface area contributed by atoms with Gasteiger partial charge in [-0.2, -0.15) is 26.7 Å². The molecule has 0 aromatic heterocycles. The molecule has 0 atom stereocenters. The fraction of sp³-hybridized carbons (Fsp3) is 0.600. The van der Waals surface area contributed by atoms with E-state index in [0.717, 1.165) is 0 Å². The van der Waals surface area contributed by atoms with E-state index in [2.05, 4.69) is 41.5 Å². The summed E-state index contributed by atoms with van der Waals surface area (Å²) in [6.07, 6.45) is 0. The zero-order valence-corrected chi connectivity index (χ0v) is 12.5. The van der Waals surface area contributed by atoms with Gasteiger partial charge >= 0.3 is 25.8 Å². The molecule has 0 fully saturated rings. The van der Waals surface area contributed by atoms with Crippen LogP contribution in [-0.4, -0.2) is 0 Å². The first kappa shape index (κ1) is 29.7. The van der Waals surface area contributed by atoms with Crippen LogP contribution in [0.1, 0.15) is 34.6 Å². The molecular weight excluding hydrogens is 299 g/mol. The molecule has 11 heavy (non-hydrogen) atoms. The third kappa shape index (κ3) is 1130. The Morgan fingerprint density at radius 2 is 0.727 bits per heavy atom. The molecule has 0 radical (unpaired) electrons. The van der Waals surface area contributed by atoms with Gasteiger partial charge in [-0.15, -0.1) is 0 Å². The fourth-order valence-electron chi connectivity index (χ4n) is 0. The standard InChI is InChI=1S/C4H9.3C2H5.Hf/c1-4(2)3;3*1-2;/h4H,1H2,2-3H3;3*1H2,2H3;/q4*-1;+4. The van der Waals surface area contributed by atoms with Crippen LogP contribution >= 0.6 is 0 Å². The van der Waals surface area contributed by atoms with Gasteiger partial charge in [0.1, 0.15) is 0 Å². The maximum Gasteiger partial charge on any atom is 4.00 e. The van der Waals surface area contributed by atoms with Crippen molar-refractivity contribution in [2.75, 3.05) is 0 Å². The molecule has 0 bridgehead atoms. The molecule has 0 saturated heterocycles. The van der Waals surface area contributed by atoms with Crippen LogP contribution in [0, 0.1) is 33.6 Å². The predicted octanol–water partition coefficient (Wildman–Crippen LogP) is 4.00. The molecule has 0 heterocycles. The van der Waals surface area contributed by atoms with Gasteiger partial charge in [0.2, 0.25) is 0 Å². The summed E-state index contributed by atoms with van der Waals surface area (Å²) in [6, 6.07) is 0. The van der Waals surface area contributed by atoms with E-state index in [-0.39, 0.29) is 25.8 Å². The van der Waals surface area contributed by atoms with E-state index in [1.165, 1.54) is 0 Å². The third-order valence-corrected chi connectivity index (χ3v) is 0. The zero-order chi connectivity index (χ0) is 9.58. The molecule has 1 heteroatoms. The molecule has 0 unspecified atom stereocenters. The topological polar surface area (TPSA) is 0 Å². The fourth-order valence-corrected chi connectivity index (χ4v) is 0. The van der Waals surface area contributed by atoms with Crippen molar-refractivity contribution < 1.29 is 25.8 Å². The normalized spacial score (nSPS) is 4.91. The quantitative estimate of drug-likeness (QED) is 0.467. The second-order valence-corrected chi connectivity index (χ2v) is 1.39. The van der Waals surface area contributed by atoms with Gasteiger partial charge < -0.3 is 27.7 Å². The summed E-state index contributed by atoms with van der Waals surface area (Å²) in [4.78, 5) is 0. The number of hydrogen-bond acceptors (Lipinski definition) is 0. The van der Waals surface area contributed by atoms with Gasteiger partial charge in [0.05, 0.1) is 0 Å². The second-order valence-electron chi connectivity index (χ2n) is 1.39. The van der Waals surface area contributed by atoms with Crippen LogP contribution in [0.25, 0.3) is 0 Å². The molecule has 0 aliphatic heterocycles. The molecule has 0 amide bonds. The molecule has 0 spiro atoms. The Bertz CT molecular complexity index is 9.59. The van der Waals surface area contributed by atoms with Crippen LogP contribution in [0.3, 0.4) is 0 Å². The predicted molar refractivity (Wildman–Crippen MR) is 53.3 cm³/mol. The summed E-state index contributed by atoms with van der Waals surface area (Å²) in [5, 5.41) is 0. The Balaban J connectivity index is -0.0000000152. The van der Waals surface area contributed by atoms with E-state index in [1.54, 1.807) is 20.8 Å². The van der Waals surface area contributed by atoms with E-state index in [4.69, 9.17) is 0 Å². The minimum atomic E-state index is 0. The summed E-state index contributed by atoms with van der Waals surface area (Å²) in [6.45, 7) is 22.8. The Labute approximate surface area is 93.9 Å². The Morgan fingerprint density at radius 3 is 0.727 bits per heavy atom. The first-order chi connectivity index (χ1) is 4.73. The van der Waals surface area contributed by atoms with E-state index in [1.807, 2.05) is 0 Å². The molecule has 0 aliphatic rings. The van der Waals surface area contributed by atoms with Gasteiger partial charge in [0, 0.05) is 0 Å². The Morgan fingerprint density at radius 1 is 0.727 bits per heavy atom. The average molecular weight is 323 g/mol. The molecule has 0 nitrogen and oxygen atoms in total. The molecule has 0 rings (SSSR count). The number of hydrogen-bond donors (Lipinski definition) is 0. The van der Waals surface area contributed by atoms with Crippen molar-refractivity contribution in [2.45, 2.75) is 34.6 Å². The minimum absolute atomic E-state index is 0. The van der Waals surface area contributed by atoms with Crippen molar-refractivity contribution in [3.8, 4) is 0 Å². The Kier molecular flexibility index (Phi) is 191. The molecular formula is C10H24Hf. The van der Waals surface area contributed by atoms with E-state index in [9.17, 15) is 0 Å². The van der Waals surface area contributed by atoms with E-state index in [0.29, 0.717) is 5.92 Å². The van der Waals surface area contributed by atoms with Crippen molar-refractivity contribution in [2.24, 2.45) is 5.92 Å². The summed E-state index contributed by atoms with van der Waals surface area (Å²) < 4.78 is 0. The minimum Gasteiger partial charge on any atom is -0.346 e. The SMILES string of the molecule is [CH2-]C.[CH2-]C.[CH2-]C.[CH2-]C(C)C.[Hf+4]. The van der Waals surface area contributed by atoms with E-state index >= 15 is 0 Å². The summed E-state index contributed by atoms with van der Waals surface area (Å²) in [5.41, 5.74) is 0. The van der Waals surface area contributed by atoms with E-state index < -0.39 is 0 Å². The van der Waals surface area contributed by atoms with Gasteiger partial charge in [-0.25, -0.2) is 0 Å². The van der Waals surface area contributed by atoms with Gasteiger partial charge in [0.25, 0.3) is 0 Å². The summed E-state index contributed by atoms with van der Waals surface area (Å²) >= 11 is 0.